The van der Waals surface area contributed by atoms with Crippen LogP contribution in [0.2, 0.25) is 0 Å². The minimum atomic E-state index is -0.351. The van der Waals surface area contributed by atoms with Crippen LogP contribution in [0, 0.1) is 0 Å². The summed E-state index contributed by atoms with van der Waals surface area (Å²) >= 11 is 2.72. The Morgan fingerprint density at radius 3 is 1.69 bits per heavy atom. The maximum atomic E-state index is 13.5. The first-order chi connectivity index (χ1) is 14.2. The zero-order valence-corrected chi connectivity index (χ0v) is 17.6. The van der Waals surface area contributed by atoms with E-state index in [9.17, 15) is 9.59 Å². The molecule has 7 heterocycles. The molecule has 0 N–H and O–H groups in total. The van der Waals surface area contributed by atoms with Crippen LogP contribution >= 0.6 is 22.7 Å². The summed E-state index contributed by atoms with van der Waals surface area (Å²) in [6.07, 6.45) is 0. The van der Waals surface area contributed by atoms with Crippen molar-refractivity contribution in [3.63, 3.8) is 0 Å². The van der Waals surface area contributed by atoms with Crippen LogP contribution < -0.4 is 11.1 Å². The van der Waals surface area contributed by atoms with Gasteiger partial charge in [-0.1, -0.05) is 0 Å². The van der Waals surface area contributed by atoms with Crippen molar-refractivity contribution in [3.05, 3.63) is 55.7 Å². The Morgan fingerprint density at radius 2 is 1.21 bits per heavy atom. The van der Waals surface area contributed by atoms with Gasteiger partial charge in [0.2, 0.25) is 0 Å². The average molecular weight is 477 g/mol. The van der Waals surface area contributed by atoms with E-state index in [1.54, 1.807) is 8.80 Å². The van der Waals surface area contributed by atoms with Gasteiger partial charge in [0.15, 0.2) is 0 Å². The van der Waals surface area contributed by atoms with Crippen molar-refractivity contribution in [2.24, 2.45) is 0 Å². The zero-order valence-electron chi connectivity index (χ0n) is 14.3. The van der Waals surface area contributed by atoms with E-state index in [1.807, 2.05) is 35.0 Å². The first-order valence-electron chi connectivity index (χ1n) is 8.84. The summed E-state index contributed by atoms with van der Waals surface area (Å²) < 4.78 is 4.93. The Balaban J connectivity index is 1.77. The number of aromatic nitrogens is 4. The third-order valence-electron chi connectivity index (χ3n) is 5.71. The first-order valence-corrected chi connectivity index (χ1v) is 12.3. The van der Waals surface area contributed by atoms with E-state index in [0.717, 1.165) is 50.8 Å². The Bertz CT molecular complexity index is 1930. The Hall–Kier alpha value is -2.84. The first kappa shape index (κ1) is 15.1. The summed E-state index contributed by atoms with van der Waals surface area (Å²) in [6, 6.07) is 7.94. The van der Waals surface area contributed by atoms with Crippen LogP contribution in [0.1, 0.15) is 0 Å². The summed E-state index contributed by atoms with van der Waals surface area (Å²) in [5.74, 6) is 0. The topological polar surface area (TPSA) is 68.7 Å². The minimum absolute atomic E-state index is 0.0465. The number of pyridine rings is 2. The molecular formula is C20H6N4O2S2Se. The van der Waals surface area contributed by atoms with Crippen LogP contribution in [0.15, 0.2) is 44.6 Å². The van der Waals surface area contributed by atoms with E-state index in [0.29, 0.717) is 11.3 Å². The molecule has 9 heteroatoms. The van der Waals surface area contributed by atoms with Gasteiger partial charge in [-0.2, -0.15) is 0 Å². The standard InChI is InChI=1S/C20H6N4O2S2Se/c25-19-13-11-7(15-21-17-9(23(15)19)3-5-27-17)1-2-8-12(11)14(29-13)20(26)24-10-4-6-28-18(10)22-16(8)24/h1-6H. The van der Waals surface area contributed by atoms with E-state index in [1.165, 1.54) is 22.7 Å². The predicted molar refractivity (Wildman–Crippen MR) is 119 cm³/mol. The monoisotopic (exact) mass is 478 g/mol. The van der Waals surface area contributed by atoms with Crippen molar-refractivity contribution in [3.8, 4) is 0 Å². The fourth-order valence-electron chi connectivity index (χ4n) is 4.55. The molecule has 8 rings (SSSR count). The van der Waals surface area contributed by atoms with Crippen LogP contribution in [0.3, 0.4) is 0 Å². The van der Waals surface area contributed by atoms with Gasteiger partial charge in [0.05, 0.1) is 0 Å². The number of imidazole rings is 2. The van der Waals surface area contributed by atoms with Crippen molar-refractivity contribution >= 4 is 99.2 Å². The van der Waals surface area contributed by atoms with Crippen molar-refractivity contribution in [2.75, 3.05) is 0 Å². The molecule has 0 bridgehead atoms. The number of benzene rings is 1. The summed E-state index contributed by atoms with van der Waals surface area (Å²) in [7, 11) is 0. The molecule has 0 saturated carbocycles. The molecule has 7 aromatic heterocycles. The molecule has 0 unspecified atom stereocenters. The molecule has 0 aliphatic carbocycles. The molecule has 1 aromatic carbocycles. The van der Waals surface area contributed by atoms with Crippen LogP contribution in [-0.4, -0.2) is 33.3 Å². The van der Waals surface area contributed by atoms with Gasteiger partial charge in [-0.3, -0.25) is 0 Å². The molecule has 0 atom stereocenters. The Labute approximate surface area is 173 Å². The number of fused-ring (bicyclic) bond motifs is 8. The van der Waals surface area contributed by atoms with E-state index < -0.39 is 0 Å². The van der Waals surface area contributed by atoms with E-state index in [4.69, 9.17) is 9.97 Å². The fourth-order valence-corrected chi connectivity index (χ4v) is 8.53. The zero-order chi connectivity index (χ0) is 19.0. The van der Waals surface area contributed by atoms with E-state index in [-0.39, 0.29) is 25.6 Å². The Morgan fingerprint density at radius 1 is 0.724 bits per heavy atom. The molecule has 0 amide bonds. The third-order valence-corrected chi connectivity index (χ3v) is 9.75. The number of nitrogens with zero attached hydrogens (tertiary/aromatic N) is 4. The van der Waals surface area contributed by atoms with Gasteiger partial charge in [0.1, 0.15) is 0 Å². The molecule has 0 spiro atoms. The molecule has 0 saturated heterocycles. The second-order valence-corrected chi connectivity index (χ2v) is 11.0. The molecule has 29 heavy (non-hydrogen) atoms. The van der Waals surface area contributed by atoms with Gasteiger partial charge in [0, 0.05) is 0 Å². The molecule has 0 aliphatic heterocycles. The SMILES string of the molecule is O=c1c2[se]c3c(=O)n4c5ccsc5nc4c4ccc(c2c34)c2nc3sccc3n12. The molecule has 6 nitrogen and oxygen atoms in total. The number of hydrogen-bond donors (Lipinski definition) is 0. The van der Waals surface area contributed by atoms with Gasteiger partial charge in [-0.15, -0.1) is 0 Å². The van der Waals surface area contributed by atoms with Crippen LogP contribution in [0.5, 0.6) is 0 Å². The number of rotatable bonds is 0. The molecule has 0 aliphatic rings. The molecule has 8 aromatic rings. The van der Waals surface area contributed by atoms with Gasteiger partial charge in [0.25, 0.3) is 0 Å². The summed E-state index contributed by atoms with van der Waals surface area (Å²) in [4.78, 5) is 38.1. The molecule has 136 valence electrons. The second kappa shape index (κ2) is 4.66. The fraction of sp³-hybridized carbons (Fsp3) is 0. The summed E-state index contributed by atoms with van der Waals surface area (Å²) in [5, 5.41) is 7.58. The maximum absolute atomic E-state index is 13.5. The third kappa shape index (κ3) is 1.52. The van der Waals surface area contributed by atoms with Crippen molar-refractivity contribution in [2.45, 2.75) is 0 Å². The summed E-state index contributed by atoms with van der Waals surface area (Å²) in [6.45, 7) is 0. The predicted octanol–water partition coefficient (Wildman–Crippen LogP) is 3.52. The van der Waals surface area contributed by atoms with Crippen LogP contribution in [0.4, 0.5) is 0 Å². The molecular weight excluding hydrogens is 471 g/mol. The van der Waals surface area contributed by atoms with Gasteiger partial charge < -0.3 is 0 Å². The second-order valence-electron chi connectivity index (χ2n) is 7.04. The van der Waals surface area contributed by atoms with Crippen molar-refractivity contribution in [1.29, 1.82) is 0 Å². The Kier molecular flexibility index (Phi) is 2.42. The molecule has 0 radical (unpaired) electrons. The number of thiophene rings is 2. The average Bonchev–Trinajstić information content (AvgIpc) is 3.49. The van der Waals surface area contributed by atoms with Gasteiger partial charge in [-0.05, 0) is 0 Å². The van der Waals surface area contributed by atoms with Crippen LogP contribution in [-0.2, 0) is 0 Å². The summed E-state index contributed by atoms with van der Waals surface area (Å²) in [5.41, 5.74) is 2.95. The van der Waals surface area contributed by atoms with E-state index in [2.05, 4.69) is 0 Å². The normalized spacial score (nSPS) is 13.1. The van der Waals surface area contributed by atoms with Crippen molar-refractivity contribution in [1.82, 2.24) is 18.8 Å². The molecule has 0 fully saturated rings. The number of hydrogen-bond acceptors (Lipinski definition) is 6. The quantitative estimate of drug-likeness (QED) is 0.248. The van der Waals surface area contributed by atoms with Crippen LogP contribution in [0.25, 0.3) is 62.1 Å². The van der Waals surface area contributed by atoms with Gasteiger partial charge >= 0.3 is 174 Å². The van der Waals surface area contributed by atoms with Gasteiger partial charge in [-0.25, -0.2) is 0 Å². The van der Waals surface area contributed by atoms with E-state index >= 15 is 0 Å². The van der Waals surface area contributed by atoms with Crippen molar-refractivity contribution < 1.29 is 0 Å².